The number of nitrogens with two attached hydrogens (primary N) is 1. The van der Waals surface area contributed by atoms with Gasteiger partial charge in [0.05, 0.1) is 4.90 Å². The maximum Gasteiger partial charge on any atom is 0.238 e. The molecule has 0 amide bonds. The van der Waals surface area contributed by atoms with E-state index < -0.39 is 10.0 Å². The molecule has 6 heteroatoms. The van der Waals surface area contributed by atoms with E-state index in [2.05, 4.69) is 42.0 Å². The molecule has 21 heavy (non-hydrogen) atoms. The number of sulfonamides is 1. The van der Waals surface area contributed by atoms with Crippen molar-refractivity contribution in [2.24, 2.45) is 16.5 Å². The minimum atomic E-state index is -3.66. The lowest BCUT2D eigenvalue weighted by atomic mass is 9.70. The summed E-state index contributed by atoms with van der Waals surface area (Å²) in [6, 6.07) is 5.28. The molecule has 0 radical (unpaired) electrons. The topological polar surface area (TPSA) is 72.2 Å². The van der Waals surface area contributed by atoms with Crippen LogP contribution in [0.1, 0.15) is 40.0 Å². The van der Waals surface area contributed by atoms with E-state index in [4.69, 9.17) is 5.14 Å². The Kier molecular flexibility index (Phi) is 4.71. The Morgan fingerprint density at radius 2 is 2.05 bits per heavy atom. The van der Waals surface area contributed by atoms with Crippen molar-refractivity contribution in [3.8, 4) is 0 Å². The van der Waals surface area contributed by atoms with Crippen molar-refractivity contribution in [3.63, 3.8) is 0 Å². The van der Waals surface area contributed by atoms with Gasteiger partial charge in [-0.25, -0.2) is 13.6 Å². The van der Waals surface area contributed by atoms with E-state index in [0.717, 1.165) is 16.6 Å². The summed E-state index contributed by atoms with van der Waals surface area (Å²) >= 11 is 3.43. The van der Waals surface area contributed by atoms with Crippen LogP contribution in [-0.4, -0.2) is 14.5 Å². The highest BCUT2D eigenvalue weighted by Gasteiger charge is 2.32. The van der Waals surface area contributed by atoms with Crippen LogP contribution in [0.3, 0.4) is 0 Å². The third-order valence-electron chi connectivity index (χ3n) is 4.30. The largest absolute Gasteiger partial charge is 0.381 e. The van der Waals surface area contributed by atoms with E-state index in [9.17, 15) is 8.42 Å². The van der Waals surface area contributed by atoms with E-state index in [1.54, 1.807) is 18.2 Å². The highest BCUT2D eigenvalue weighted by atomic mass is 79.9. The zero-order valence-corrected chi connectivity index (χ0v) is 15.1. The molecule has 1 aliphatic carbocycles. The molecule has 1 aromatic carbocycles. The first-order valence-electron chi connectivity index (χ1n) is 7.17. The molecule has 4 nitrogen and oxygen atoms in total. The molecule has 1 aromatic rings. The van der Waals surface area contributed by atoms with Crippen molar-refractivity contribution in [2.75, 3.05) is 5.32 Å². The first-order chi connectivity index (χ1) is 9.58. The Balaban J connectivity index is 2.14. The molecule has 2 unspecified atom stereocenters. The van der Waals surface area contributed by atoms with E-state index in [0.29, 0.717) is 17.4 Å². The quantitative estimate of drug-likeness (QED) is 0.846. The number of hydrogen-bond acceptors (Lipinski definition) is 3. The highest BCUT2D eigenvalue weighted by Crippen LogP contribution is 2.40. The SMILES string of the molecule is CC1CC(C)(C)CCC1Nc1ccc(S(N)(=O)=O)cc1Br. The summed E-state index contributed by atoms with van der Waals surface area (Å²) in [5.41, 5.74) is 1.32. The van der Waals surface area contributed by atoms with Crippen molar-refractivity contribution in [3.05, 3.63) is 22.7 Å². The van der Waals surface area contributed by atoms with Gasteiger partial charge in [0.25, 0.3) is 0 Å². The second-order valence-electron chi connectivity index (χ2n) is 6.82. The van der Waals surface area contributed by atoms with Gasteiger partial charge in [0.1, 0.15) is 0 Å². The lowest BCUT2D eigenvalue weighted by molar-refractivity contribution is 0.177. The Morgan fingerprint density at radius 1 is 1.38 bits per heavy atom. The fourth-order valence-corrected chi connectivity index (χ4v) is 4.34. The second-order valence-corrected chi connectivity index (χ2v) is 9.24. The van der Waals surface area contributed by atoms with Crippen molar-refractivity contribution >= 4 is 31.6 Å². The molecule has 0 spiro atoms. The molecule has 3 N–H and O–H groups in total. The molecule has 2 rings (SSSR count). The van der Waals surface area contributed by atoms with Gasteiger partial charge in [0.15, 0.2) is 0 Å². The molecule has 1 saturated carbocycles. The molecule has 1 fully saturated rings. The van der Waals surface area contributed by atoms with Gasteiger partial charge in [-0.2, -0.15) is 0 Å². The van der Waals surface area contributed by atoms with Gasteiger partial charge in [0, 0.05) is 16.2 Å². The summed E-state index contributed by atoms with van der Waals surface area (Å²) in [5, 5.41) is 8.68. The lowest BCUT2D eigenvalue weighted by Crippen LogP contribution is -2.36. The van der Waals surface area contributed by atoms with E-state index in [1.165, 1.54) is 12.8 Å². The molecule has 0 aliphatic heterocycles. The molecule has 0 aromatic heterocycles. The fourth-order valence-electron chi connectivity index (χ4n) is 3.15. The van der Waals surface area contributed by atoms with E-state index in [-0.39, 0.29) is 4.90 Å². The minimum Gasteiger partial charge on any atom is -0.381 e. The average molecular weight is 375 g/mol. The number of anilines is 1. The summed E-state index contributed by atoms with van der Waals surface area (Å²) in [6.45, 7) is 6.90. The standard InChI is InChI=1S/C15H23BrN2O2S/c1-10-9-15(2,3)7-6-13(10)18-14-5-4-11(8-12(14)16)21(17,19)20/h4-5,8,10,13,18H,6-7,9H2,1-3H3,(H2,17,19,20). The van der Waals surface area contributed by atoms with E-state index in [1.807, 2.05) is 0 Å². The van der Waals surface area contributed by atoms with Crippen LogP contribution in [0.5, 0.6) is 0 Å². The summed E-state index contributed by atoms with van der Waals surface area (Å²) in [5.74, 6) is 0.582. The molecular formula is C15H23BrN2O2S. The monoisotopic (exact) mass is 374 g/mol. The van der Waals surface area contributed by atoms with Gasteiger partial charge in [-0.3, -0.25) is 0 Å². The summed E-state index contributed by atoms with van der Waals surface area (Å²) < 4.78 is 23.4. The molecule has 0 saturated heterocycles. The highest BCUT2D eigenvalue weighted by molar-refractivity contribution is 9.10. The smallest absolute Gasteiger partial charge is 0.238 e. The molecule has 118 valence electrons. The van der Waals surface area contributed by atoms with Crippen LogP contribution in [0, 0.1) is 11.3 Å². The van der Waals surface area contributed by atoms with Gasteiger partial charge in [-0.05, 0) is 64.7 Å². The van der Waals surface area contributed by atoms with Gasteiger partial charge >= 0.3 is 0 Å². The zero-order valence-electron chi connectivity index (χ0n) is 12.7. The zero-order chi connectivity index (χ0) is 15.8. The van der Waals surface area contributed by atoms with Crippen LogP contribution < -0.4 is 10.5 Å². The van der Waals surface area contributed by atoms with Crippen molar-refractivity contribution in [1.82, 2.24) is 0 Å². The summed E-state index contributed by atoms with van der Waals surface area (Å²) in [4.78, 5) is 0.123. The number of nitrogens with one attached hydrogen (secondary N) is 1. The number of rotatable bonds is 3. The lowest BCUT2D eigenvalue weighted by Gasteiger charge is -2.40. The van der Waals surface area contributed by atoms with Crippen LogP contribution in [0.15, 0.2) is 27.6 Å². The van der Waals surface area contributed by atoms with Crippen molar-refractivity contribution in [1.29, 1.82) is 0 Å². The number of primary sulfonamides is 1. The molecule has 2 atom stereocenters. The minimum absolute atomic E-state index is 0.123. The van der Waals surface area contributed by atoms with Crippen LogP contribution in [0.2, 0.25) is 0 Å². The first-order valence-corrected chi connectivity index (χ1v) is 9.51. The summed E-state index contributed by atoms with van der Waals surface area (Å²) in [7, 11) is -3.66. The third kappa shape index (κ3) is 4.20. The predicted octanol–water partition coefficient (Wildman–Crippen LogP) is 3.72. The Labute approximate surface area is 135 Å². The Hall–Kier alpha value is -0.590. The molecule has 1 aliphatic rings. The van der Waals surface area contributed by atoms with E-state index >= 15 is 0 Å². The van der Waals surface area contributed by atoms with Gasteiger partial charge in [0.2, 0.25) is 10.0 Å². The van der Waals surface area contributed by atoms with Gasteiger partial charge < -0.3 is 5.32 Å². The first kappa shape index (κ1) is 16.8. The summed E-state index contributed by atoms with van der Waals surface area (Å²) in [6.07, 6.45) is 3.51. The van der Waals surface area contributed by atoms with Crippen LogP contribution in [0.25, 0.3) is 0 Å². The molecule has 0 bridgehead atoms. The third-order valence-corrected chi connectivity index (χ3v) is 5.87. The van der Waals surface area contributed by atoms with Crippen molar-refractivity contribution < 1.29 is 8.42 Å². The second kappa shape index (κ2) is 5.89. The van der Waals surface area contributed by atoms with Crippen LogP contribution >= 0.6 is 15.9 Å². The number of halogens is 1. The van der Waals surface area contributed by atoms with Crippen molar-refractivity contribution in [2.45, 2.75) is 51.0 Å². The fraction of sp³-hybridized carbons (Fsp3) is 0.600. The Bertz CT molecular complexity index is 629. The molecular weight excluding hydrogens is 352 g/mol. The van der Waals surface area contributed by atoms with Crippen LogP contribution in [0.4, 0.5) is 5.69 Å². The van der Waals surface area contributed by atoms with Gasteiger partial charge in [-0.1, -0.05) is 20.8 Å². The average Bonchev–Trinajstić information content (AvgIpc) is 2.32. The molecule has 0 heterocycles. The predicted molar refractivity (Wildman–Crippen MR) is 89.7 cm³/mol. The maximum absolute atomic E-state index is 11.3. The Morgan fingerprint density at radius 3 is 2.57 bits per heavy atom. The van der Waals surface area contributed by atoms with Gasteiger partial charge in [-0.15, -0.1) is 0 Å². The normalized spacial score (nSPS) is 25.6. The number of hydrogen-bond donors (Lipinski definition) is 2. The number of benzene rings is 1. The van der Waals surface area contributed by atoms with Crippen LogP contribution in [-0.2, 0) is 10.0 Å². The maximum atomic E-state index is 11.3.